The minimum absolute atomic E-state index is 0.205. The lowest BCUT2D eigenvalue weighted by atomic mass is 9.63. The molecule has 0 saturated heterocycles. The summed E-state index contributed by atoms with van der Waals surface area (Å²) in [6, 6.07) is 22.5. The fraction of sp³-hybridized carbons (Fsp3) is 0.357. The van der Waals surface area contributed by atoms with Crippen LogP contribution in [0.3, 0.4) is 0 Å². The maximum atomic E-state index is 2.53. The molecule has 0 spiro atoms. The Morgan fingerprint density at radius 1 is 0.645 bits per heavy atom. The van der Waals surface area contributed by atoms with Gasteiger partial charge in [0.25, 0.3) is 0 Å². The normalized spacial score (nSPS) is 19.7. The lowest BCUT2D eigenvalue weighted by Crippen LogP contribution is -2.36. The van der Waals surface area contributed by atoms with Gasteiger partial charge in [0.15, 0.2) is 0 Å². The minimum atomic E-state index is 0.205. The molecule has 0 atom stereocenters. The van der Waals surface area contributed by atoms with Gasteiger partial charge in [-0.15, -0.1) is 0 Å². The van der Waals surface area contributed by atoms with E-state index in [2.05, 4.69) is 110 Å². The third kappa shape index (κ3) is 2.52. The molecule has 0 fully saturated rings. The first kappa shape index (κ1) is 18.8. The maximum Gasteiger partial charge on any atom is 0.100 e. The highest BCUT2D eigenvalue weighted by atomic mass is 15.4. The van der Waals surface area contributed by atoms with Crippen molar-refractivity contribution in [3.8, 4) is 0 Å². The van der Waals surface area contributed by atoms with E-state index in [0.29, 0.717) is 0 Å². The van der Waals surface area contributed by atoms with Crippen LogP contribution in [0, 0.1) is 0 Å². The molecule has 3 nitrogen and oxygen atoms in total. The van der Waals surface area contributed by atoms with Crippen LogP contribution in [0.4, 0.5) is 34.1 Å². The molecule has 0 N–H and O–H groups in total. The molecule has 6 rings (SSSR count). The molecule has 0 unspecified atom stereocenters. The quantitative estimate of drug-likeness (QED) is 0.415. The molecule has 0 bridgehead atoms. The smallest absolute Gasteiger partial charge is 0.100 e. The highest BCUT2D eigenvalue weighted by Gasteiger charge is 2.42. The zero-order valence-electron chi connectivity index (χ0n) is 19.2. The lowest BCUT2D eigenvalue weighted by molar-refractivity contribution is 0.332. The van der Waals surface area contributed by atoms with Gasteiger partial charge in [0.05, 0.1) is 28.4 Å². The summed E-state index contributed by atoms with van der Waals surface area (Å²) in [5.74, 6) is 0. The van der Waals surface area contributed by atoms with Gasteiger partial charge in [-0.25, -0.2) is 0 Å². The van der Waals surface area contributed by atoms with Gasteiger partial charge in [-0.3, -0.25) is 0 Å². The zero-order valence-corrected chi connectivity index (χ0v) is 19.2. The van der Waals surface area contributed by atoms with E-state index < -0.39 is 0 Å². The van der Waals surface area contributed by atoms with E-state index in [1.807, 2.05) is 0 Å². The van der Waals surface area contributed by atoms with Crippen LogP contribution in [-0.2, 0) is 10.8 Å². The summed E-state index contributed by atoms with van der Waals surface area (Å²) in [4.78, 5) is 7.37. The molecule has 3 aliphatic rings. The molecule has 0 aromatic heterocycles. The van der Waals surface area contributed by atoms with Crippen molar-refractivity contribution in [3.63, 3.8) is 0 Å². The van der Waals surface area contributed by atoms with Crippen LogP contribution in [0.2, 0.25) is 0 Å². The van der Waals surface area contributed by atoms with E-state index in [4.69, 9.17) is 0 Å². The summed E-state index contributed by atoms with van der Waals surface area (Å²) in [6.45, 7) is 10.5. The van der Waals surface area contributed by atoms with Crippen LogP contribution in [0.25, 0.3) is 0 Å². The number of hydrogen-bond acceptors (Lipinski definition) is 3. The van der Waals surface area contributed by atoms with Gasteiger partial charge in [0.1, 0.15) is 6.67 Å². The van der Waals surface area contributed by atoms with E-state index in [-0.39, 0.29) is 10.8 Å². The highest BCUT2D eigenvalue weighted by Crippen LogP contribution is 2.58. The third-order valence-corrected chi connectivity index (χ3v) is 7.87. The molecule has 3 aromatic rings. The summed E-state index contributed by atoms with van der Waals surface area (Å²) >= 11 is 0. The lowest BCUT2D eigenvalue weighted by Gasteiger charge is -2.44. The number of fused-ring (bicyclic) bond motifs is 3. The largest absolute Gasteiger partial charge is 0.341 e. The standard InChI is InChI=1S/C28H31N3/c1-27(2)14-15-28(3,4)21-17-25-24(16-20(21)27)29(5)22-12-9-13-23-26(22)31(25)18-30(23)19-10-7-6-8-11-19/h6-13,16-17H,14-15,18H2,1-5H3. The fourth-order valence-electron chi connectivity index (χ4n) is 5.80. The van der Waals surface area contributed by atoms with Crippen molar-refractivity contribution >= 4 is 34.1 Å². The number of rotatable bonds is 1. The van der Waals surface area contributed by atoms with Gasteiger partial charge in [-0.2, -0.15) is 0 Å². The summed E-state index contributed by atoms with van der Waals surface area (Å²) in [5, 5.41) is 0. The summed E-state index contributed by atoms with van der Waals surface area (Å²) in [7, 11) is 2.23. The van der Waals surface area contributed by atoms with Crippen LogP contribution in [0.1, 0.15) is 51.7 Å². The van der Waals surface area contributed by atoms with Crippen molar-refractivity contribution in [2.75, 3.05) is 28.4 Å². The van der Waals surface area contributed by atoms with Gasteiger partial charge in [0, 0.05) is 12.7 Å². The van der Waals surface area contributed by atoms with E-state index >= 15 is 0 Å². The summed E-state index contributed by atoms with van der Waals surface area (Å²) < 4.78 is 0. The van der Waals surface area contributed by atoms with Gasteiger partial charge in [-0.05, 0) is 71.2 Å². The monoisotopic (exact) mass is 409 g/mol. The first-order valence-corrected chi connectivity index (χ1v) is 11.4. The van der Waals surface area contributed by atoms with E-state index in [0.717, 1.165) is 6.67 Å². The average Bonchev–Trinajstić information content (AvgIpc) is 3.16. The van der Waals surface area contributed by atoms with Crippen LogP contribution < -0.4 is 14.7 Å². The molecular weight excluding hydrogens is 378 g/mol. The Hall–Kier alpha value is -2.94. The van der Waals surface area contributed by atoms with Crippen molar-refractivity contribution in [1.82, 2.24) is 0 Å². The molecule has 3 aromatic carbocycles. The number of hydrogen-bond donors (Lipinski definition) is 0. The third-order valence-electron chi connectivity index (χ3n) is 7.87. The molecule has 158 valence electrons. The first-order chi connectivity index (χ1) is 14.8. The van der Waals surface area contributed by atoms with E-state index in [1.54, 1.807) is 0 Å². The minimum Gasteiger partial charge on any atom is -0.341 e. The summed E-state index contributed by atoms with van der Waals surface area (Å²) in [6.07, 6.45) is 2.47. The molecule has 0 saturated carbocycles. The van der Waals surface area contributed by atoms with Crippen molar-refractivity contribution in [3.05, 3.63) is 71.8 Å². The van der Waals surface area contributed by atoms with Crippen LogP contribution in [-0.4, -0.2) is 13.7 Å². The Bertz CT molecular complexity index is 1190. The van der Waals surface area contributed by atoms with Crippen molar-refractivity contribution in [2.45, 2.75) is 51.4 Å². The second kappa shape index (κ2) is 6.06. The Kier molecular flexibility index (Phi) is 3.68. The summed E-state index contributed by atoms with van der Waals surface area (Å²) in [5.41, 5.74) is 11.3. The number of para-hydroxylation sites is 2. The number of benzene rings is 3. The van der Waals surface area contributed by atoms with Crippen molar-refractivity contribution < 1.29 is 0 Å². The van der Waals surface area contributed by atoms with Gasteiger partial charge in [-0.1, -0.05) is 52.0 Å². The van der Waals surface area contributed by atoms with Gasteiger partial charge in [0.2, 0.25) is 0 Å². The SMILES string of the molecule is CN1c2cc3c(cc2N2CN(c4ccccc4)c4cccc1c42)C(C)(C)CCC3(C)C. The maximum absolute atomic E-state index is 2.53. The molecule has 1 aliphatic carbocycles. The first-order valence-electron chi connectivity index (χ1n) is 11.4. The number of anilines is 6. The zero-order chi connectivity index (χ0) is 21.5. The van der Waals surface area contributed by atoms with Gasteiger partial charge >= 0.3 is 0 Å². The molecule has 3 heteroatoms. The Morgan fingerprint density at radius 2 is 1.26 bits per heavy atom. The van der Waals surface area contributed by atoms with Crippen LogP contribution in [0.15, 0.2) is 60.7 Å². The van der Waals surface area contributed by atoms with E-state index in [9.17, 15) is 0 Å². The predicted molar refractivity (Wildman–Crippen MR) is 132 cm³/mol. The second-order valence-electron chi connectivity index (χ2n) is 10.7. The molecule has 31 heavy (non-hydrogen) atoms. The Balaban J connectivity index is 1.58. The van der Waals surface area contributed by atoms with Crippen molar-refractivity contribution in [1.29, 1.82) is 0 Å². The van der Waals surface area contributed by atoms with E-state index in [1.165, 1.54) is 58.1 Å². The molecule has 2 aliphatic heterocycles. The fourth-order valence-corrected chi connectivity index (χ4v) is 5.80. The van der Waals surface area contributed by atoms with Gasteiger partial charge < -0.3 is 14.7 Å². The molecule has 2 heterocycles. The topological polar surface area (TPSA) is 9.72 Å². The van der Waals surface area contributed by atoms with Crippen LogP contribution >= 0.6 is 0 Å². The van der Waals surface area contributed by atoms with Crippen LogP contribution in [0.5, 0.6) is 0 Å². The average molecular weight is 410 g/mol. The molecular formula is C28H31N3. The highest BCUT2D eigenvalue weighted by molar-refractivity contribution is 6.03. The second-order valence-corrected chi connectivity index (χ2v) is 10.7. The Morgan fingerprint density at radius 3 is 1.94 bits per heavy atom. The number of nitrogens with zero attached hydrogens (tertiary/aromatic N) is 3. The van der Waals surface area contributed by atoms with Crippen molar-refractivity contribution in [2.24, 2.45) is 0 Å². The molecule has 0 radical (unpaired) electrons. The predicted octanol–water partition coefficient (Wildman–Crippen LogP) is 7.36. The molecule has 0 amide bonds. The Labute approximate surface area is 185 Å².